The Morgan fingerprint density at radius 1 is 1.13 bits per heavy atom. The fourth-order valence-corrected chi connectivity index (χ4v) is 3.89. The van der Waals surface area contributed by atoms with E-state index in [2.05, 4.69) is 0 Å². The maximum absolute atomic E-state index is 12.6. The van der Waals surface area contributed by atoms with Crippen LogP contribution in [-0.4, -0.2) is 43.6 Å². The number of amides is 1. The quantitative estimate of drug-likeness (QED) is 0.464. The van der Waals surface area contributed by atoms with Gasteiger partial charge in [-0.2, -0.15) is 0 Å². The van der Waals surface area contributed by atoms with Crippen molar-refractivity contribution in [2.45, 2.75) is 12.8 Å². The van der Waals surface area contributed by atoms with Gasteiger partial charge in [-0.1, -0.05) is 30.3 Å². The van der Waals surface area contributed by atoms with E-state index in [4.69, 9.17) is 13.9 Å². The Morgan fingerprint density at radius 3 is 2.71 bits per heavy atom. The third-order valence-corrected chi connectivity index (χ3v) is 5.47. The number of nitrogens with zero attached hydrogens (tertiary/aromatic N) is 1. The predicted molar refractivity (Wildman–Crippen MR) is 115 cm³/mol. The molecule has 160 valence electrons. The number of hydrogen-bond donors (Lipinski definition) is 0. The summed E-state index contributed by atoms with van der Waals surface area (Å²) >= 11 is 0. The van der Waals surface area contributed by atoms with Crippen LogP contribution in [-0.2, 0) is 14.3 Å². The first-order chi connectivity index (χ1) is 15.0. The lowest BCUT2D eigenvalue weighted by Gasteiger charge is -2.31. The summed E-state index contributed by atoms with van der Waals surface area (Å²) in [5.74, 6) is -0.366. The molecule has 0 bridgehead atoms. The van der Waals surface area contributed by atoms with E-state index in [1.54, 1.807) is 17.0 Å². The Bertz CT molecular complexity index is 1150. The molecule has 1 aromatic heterocycles. The van der Waals surface area contributed by atoms with Crippen molar-refractivity contribution in [3.63, 3.8) is 0 Å². The van der Waals surface area contributed by atoms with Crippen LogP contribution in [0.5, 0.6) is 5.75 Å². The SMILES string of the molecule is COC(=O)C1CCCN(C(=O)COc2ccc3c(-c4ccccc4)cc(=O)oc3c2)C1. The number of benzene rings is 2. The number of carbonyl (C=O) groups excluding carboxylic acids is 2. The monoisotopic (exact) mass is 421 g/mol. The number of fused-ring (bicyclic) bond motifs is 1. The Morgan fingerprint density at radius 2 is 1.94 bits per heavy atom. The second-order valence-corrected chi connectivity index (χ2v) is 7.49. The molecule has 1 amide bonds. The molecule has 1 fully saturated rings. The van der Waals surface area contributed by atoms with E-state index in [9.17, 15) is 14.4 Å². The minimum atomic E-state index is -0.457. The lowest BCUT2D eigenvalue weighted by molar-refractivity contribution is -0.149. The van der Waals surface area contributed by atoms with Crippen LogP contribution in [0.2, 0.25) is 0 Å². The zero-order valence-corrected chi connectivity index (χ0v) is 17.2. The molecule has 1 unspecified atom stereocenters. The van der Waals surface area contributed by atoms with Crippen molar-refractivity contribution in [3.8, 4) is 16.9 Å². The maximum atomic E-state index is 12.6. The Kier molecular flexibility index (Phi) is 6.02. The summed E-state index contributed by atoms with van der Waals surface area (Å²) in [7, 11) is 1.35. The molecular formula is C24H23NO6. The van der Waals surface area contributed by atoms with E-state index in [1.165, 1.54) is 13.2 Å². The molecule has 2 aromatic carbocycles. The summed E-state index contributed by atoms with van der Waals surface area (Å²) < 4.78 is 15.8. The fourth-order valence-electron chi connectivity index (χ4n) is 3.89. The first-order valence-electron chi connectivity index (χ1n) is 10.2. The van der Waals surface area contributed by atoms with Gasteiger partial charge in [0.25, 0.3) is 5.91 Å². The van der Waals surface area contributed by atoms with E-state index in [0.29, 0.717) is 30.8 Å². The average molecular weight is 421 g/mol. The van der Waals surface area contributed by atoms with Crippen LogP contribution in [0.4, 0.5) is 0 Å². The van der Waals surface area contributed by atoms with Gasteiger partial charge in [0.15, 0.2) is 6.61 Å². The van der Waals surface area contributed by atoms with Gasteiger partial charge in [-0.15, -0.1) is 0 Å². The summed E-state index contributed by atoms with van der Waals surface area (Å²) in [6.07, 6.45) is 1.46. The van der Waals surface area contributed by atoms with Gasteiger partial charge in [-0.25, -0.2) is 4.79 Å². The molecular weight excluding hydrogens is 398 g/mol. The number of methoxy groups -OCH3 is 1. The molecule has 7 nitrogen and oxygen atoms in total. The Hall–Kier alpha value is -3.61. The second-order valence-electron chi connectivity index (χ2n) is 7.49. The summed E-state index contributed by atoms with van der Waals surface area (Å²) in [6.45, 7) is 0.757. The standard InChI is InChI=1S/C24H23NO6/c1-29-24(28)17-8-5-11-25(14-17)22(26)15-30-18-9-10-19-20(16-6-3-2-4-7-16)13-23(27)31-21(19)12-18/h2-4,6-7,9-10,12-13,17H,5,8,11,14-15H2,1H3. The van der Waals surface area contributed by atoms with Crippen molar-refractivity contribution in [2.75, 3.05) is 26.8 Å². The first-order valence-corrected chi connectivity index (χ1v) is 10.2. The third kappa shape index (κ3) is 4.60. The largest absolute Gasteiger partial charge is 0.484 e. The van der Waals surface area contributed by atoms with Gasteiger partial charge in [-0.3, -0.25) is 9.59 Å². The number of likely N-dealkylation sites (tertiary alicyclic amines) is 1. The molecule has 0 aliphatic carbocycles. The third-order valence-electron chi connectivity index (χ3n) is 5.47. The van der Waals surface area contributed by atoms with Crippen LogP contribution in [0.3, 0.4) is 0 Å². The number of carbonyl (C=O) groups is 2. The fraction of sp³-hybridized carbons (Fsp3) is 0.292. The van der Waals surface area contributed by atoms with Crippen molar-refractivity contribution >= 4 is 22.8 Å². The second kappa shape index (κ2) is 9.04. The van der Waals surface area contributed by atoms with E-state index >= 15 is 0 Å². The van der Waals surface area contributed by atoms with Crippen molar-refractivity contribution < 1.29 is 23.5 Å². The van der Waals surface area contributed by atoms with E-state index < -0.39 is 5.63 Å². The highest BCUT2D eigenvalue weighted by Gasteiger charge is 2.29. The summed E-state index contributed by atoms with van der Waals surface area (Å²) in [5.41, 5.74) is 1.62. The van der Waals surface area contributed by atoms with Crippen LogP contribution in [0.15, 0.2) is 63.8 Å². The zero-order chi connectivity index (χ0) is 21.8. The molecule has 0 radical (unpaired) electrons. The molecule has 3 aromatic rings. The van der Waals surface area contributed by atoms with Crippen molar-refractivity contribution in [2.24, 2.45) is 5.92 Å². The topological polar surface area (TPSA) is 86.0 Å². The number of ether oxygens (including phenoxy) is 2. The number of hydrogen-bond acceptors (Lipinski definition) is 6. The Labute approximate surface area is 179 Å². The van der Waals surface area contributed by atoms with E-state index in [0.717, 1.165) is 22.9 Å². The molecule has 1 saturated heterocycles. The zero-order valence-electron chi connectivity index (χ0n) is 17.2. The molecule has 1 atom stereocenters. The van der Waals surface area contributed by atoms with Crippen molar-refractivity contribution in [1.82, 2.24) is 4.90 Å². The van der Waals surface area contributed by atoms with Crippen molar-refractivity contribution in [3.05, 3.63) is 65.0 Å². The van der Waals surface area contributed by atoms with Gasteiger partial charge in [0.05, 0.1) is 13.0 Å². The van der Waals surface area contributed by atoms with Crippen LogP contribution in [0.1, 0.15) is 12.8 Å². The van der Waals surface area contributed by atoms with Crippen molar-refractivity contribution in [1.29, 1.82) is 0 Å². The van der Waals surface area contributed by atoms with E-state index in [-0.39, 0.29) is 24.4 Å². The van der Waals surface area contributed by atoms with Crippen LogP contribution in [0, 0.1) is 5.92 Å². The van der Waals surface area contributed by atoms with Gasteiger partial charge in [0.2, 0.25) is 0 Å². The average Bonchev–Trinajstić information content (AvgIpc) is 2.81. The van der Waals surface area contributed by atoms with Crippen LogP contribution >= 0.6 is 0 Å². The number of rotatable bonds is 5. The molecule has 1 aliphatic heterocycles. The highest BCUT2D eigenvalue weighted by atomic mass is 16.5. The normalized spacial score (nSPS) is 16.2. The minimum Gasteiger partial charge on any atom is -0.484 e. The van der Waals surface area contributed by atoms with Gasteiger partial charge in [0.1, 0.15) is 11.3 Å². The molecule has 7 heteroatoms. The van der Waals surface area contributed by atoms with E-state index in [1.807, 2.05) is 36.4 Å². The molecule has 0 N–H and O–H groups in total. The van der Waals surface area contributed by atoms with Crippen LogP contribution in [0.25, 0.3) is 22.1 Å². The molecule has 2 heterocycles. The lowest BCUT2D eigenvalue weighted by Crippen LogP contribution is -2.44. The first kappa shape index (κ1) is 20.7. The molecule has 1 aliphatic rings. The molecule has 0 saturated carbocycles. The molecule has 4 rings (SSSR count). The van der Waals surface area contributed by atoms with Gasteiger partial charge in [-0.05, 0) is 36.1 Å². The van der Waals surface area contributed by atoms with Gasteiger partial charge in [0, 0.05) is 30.6 Å². The highest BCUT2D eigenvalue weighted by Crippen LogP contribution is 2.29. The smallest absolute Gasteiger partial charge is 0.336 e. The van der Waals surface area contributed by atoms with Gasteiger partial charge >= 0.3 is 11.6 Å². The maximum Gasteiger partial charge on any atom is 0.336 e. The van der Waals surface area contributed by atoms with Gasteiger partial charge < -0.3 is 18.8 Å². The predicted octanol–water partition coefficient (Wildman–Crippen LogP) is 3.25. The summed E-state index contributed by atoms with van der Waals surface area (Å²) in [6, 6.07) is 16.2. The number of esters is 1. The summed E-state index contributed by atoms with van der Waals surface area (Å²) in [4.78, 5) is 38.0. The van der Waals surface area contributed by atoms with Crippen LogP contribution < -0.4 is 10.4 Å². The highest BCUT2D eigenvalue weighted by molar-refractivity contribution is 5.93. The lowest BCUT2D eigenvalue weighted by atomic mass is 9.98. The minimum absolute atomic E-state index is 0.165. The number of piperidine rings is 1. The summed E-state index contributed by atoms with van der Waals surface area (Å²) in [5, 5.41) is 0.779. The molecule has 0 spiro atoms. The molecule has 31 heavy (non-hydrogen) atoms. The Balaban J connectivity index is 1.49.